The largest absolute Gasteiger partial charge is 0.465 e. The average Bonchev–Trinajstić information content (AvgIpc) is 2.55. The number of benzene rings is 1. The third-order valence-corrected chi connectivity index (χ3v) is 3.77. The molecular formula is C16H17N3O3. The molecule has 1 N–H and O–H groups in total. The molecule has 1 aromatic carbocycles. The number of fused-ring (bicyclic) bond motifs is 1. The van der Waals surface area contributed by atoms with Crippen molar-refractivity contribution in [3.63, 3.8) is 0 Å². The number of rotatable bonds is 3. The lowest BCUT2D eigenvalue weighted by Crippen LogP contribution is -2.32. The van der Waals surface area contributed by atoms with Gasteiger partial charge >= 0.3 is 6.09 Å². The number of aromatic nitrogens is 2. The van der Waals surface area contributed by atoms with Gasteiger partial charge in [-0.15, -0.1) is 0 Å². The normalized spacial score (nSPS) is 16.9. The summed E-state index contributed by atoms with van der Waals surface area (Å²) in [6.45, 7) is 0.910. The molecule has 1 aromatic heterocycles. The molecule has 3 rings (SSSR count). The van der Waals surface area contributed by atoms with E-state index in [1.807, 2.05) is 12.1 Å². The van der Waals surface area contributed by atoms with E-state index >= 15 is 0 Å². The summed E-state index contributed by atoms with van der Waals surface area (Å²) in [5.74, 6) is 0.691. The SMILES string of the molecule is CN(CC1OCCc2cc(-c3ncccn3)ccc21)C(=O)O. The second-order valence-electron chi connectivity index (χ2n) is 5.26. The van der Waals surface area contributed by atoms with Gasteiger partial charge in [0.15, 0.2) is 5.82 Å². The van der Waals surface area contributed by atoms with Gasteiger partial charge in [0, 0.05) is 25.0 Å². The van der Waals surface area contributed by atoms with Crippen LogP contribution in [-0.4, -0.2) is 46.3 Å². The number of likely N-dealkylation sites (N-methyl/N-ethyl adjacent to an activating group) is 1. The fraction of sp³-hybridized carbons (Fsp3) is 0.312. The predicted octanol–water partition coefficient (Wildman–Crippen LogP) is 2.37. The van der Waals surface area contributed by atoms with Gasteiger partial charge in [-0.2, -0.15) is 0 Å². The summed E-state index contributed by atoms with van der Waals surface area (Å²) in [5, 5.41) is 9.01. The van der Waals surface area contributed by atoms with E-state index in [-0.39, 0.29) is 6.10 Å². The van der Waals surface area contributed by atoms with Gasteiger partial charge < -0.3 is 14.7 Å². The number of amides is 1. The van der Waals surface area contributed by atoms with E-state index in [0.29, 0.717) is 19.0 Å². The van der Waals surface area contributed by atoms with Crippen molar-refractivity contribution < 1.29 is 14.6 Å². The molecule has 1 unspecified atom stereocenters. The van der Waals surface area contributed by atoms with Crippen molar-refractivity contribution in [2.45, 2.75) is 12.5 Å². The Balaban J connectivity index is 1.88. The van der Waals surface area contributed by atoms with Gasteiger partial charge in [0.25, 0.3) is 0 Å². The maximum atomic E-state index is 11.0. The fourth-order valence-electron chi connectivity index (χ4n) is 2.60. The van der Waals surface area contributed by atoms with E-state index in [2.05, 4.69) is 16.0 Å². The first-order valence-electron chi connectivity index (χ1n) is 7.11. The standard InChI is InChI=1S/C16H17N3O3/c1-19(16(20)21)10-14-13-4-3-12(9-11(13)5-8-22-14)15-17-6-2-7-18-15/h2-4,6-7,9,14H,5,8,10H2,1H3,(H,20,21). The van der Waals surface area contributed by atoms with Crippen molar-refractivity contribution in [3.8, 4) is 11.4 Å². The van der Waals surface area contributed by atoms with E-state index in [9.17, 15) is 4.79 Å². The van der Waals surface area contributed by atoms with E-state index in [1.165, 1.54) is 10.5 Å². The molecule has 1 aliphatic rings. The lowest BCUT2D eigenvalue weighted by Gasteiger charge is -2.29. The number of carboxylic acid groups (broad SMARTS) is 1. The van der Waals surface area contributed by atoms with Crippen molar-refractivity contribution in [1.29, 1.82) is 0 Å². The third-order valence-electron chi connectivity index (χ3n) is 3.77. The number of carbonyl (C=O) groups is 1. The minimum atomic E-state index is -0.954. The molecule has 22 heavy (non-hydrogen) atoms. The molecule has 6 heteroatoms. The van der Waals surface area contributed by atoms with Gasteiger partial charge in [0.1, 0.15) is 6.10 Å². The van der Waals surface area contributed by atoms with Gasteiger partial charge in [0.05, 0.1) is 13.2 Å². The van der Waals surface area contributed by atoms with Crippen molar-refractivity contribution in [2.75, 3.05) is 20.2 Å². The molecule has 1 aliphatic heterocycles. The molecule has 0 aliphatic carbocycles. The Morgan fingerprint density at radius 2 is 2.18 bits per heavy atom. The summed E-state index contributed by atoms with van der Waals surface area (Å²) < 4.78 is 5.73. The highest BCUT2D eigenvalue weighted by Gasteiger charge is 2.24. The summed E-state index contributed by atoms with van der Waals surface area (Å²) in [4.78, 5) is 20.7. The lowest BCUT2D eigenvalue weighted by molar-refractivity contribution is 0.0224. The van der Waals surface area contributed by atoms with E-state index < -0.39 is 6.09 Å². The van der Waals surface area contributed by atoms with Crippen LogP contribution in [0.4, 0.5) is 4.79 Å². The Morgan fingerprint density at radius 3 is 2.91 bits per heavy atom. The zero-order valence-corrected chi connectivity index (χ0v) is 12.3. The number of ether oxygens (including phenoxy) is 1. The van der Waals surface area contributed by atoms with Crippen LogP contribution in [0.2, 0.25) is 0 Å². The summed E-state index contributed by atoms with van der Waals surface area (Å²) in [6.07, 6.45) is 3.06. The summed E-state index contributed by atoms with van der Waals surface area (Å²) in [7, 11) is 1.55. The Morgan fingerprint density at radius 1 is 1.41 bits per heavy atom. The second-order valence-corrected chi connectivity index (χ2v) is 5.26. The number of hydrogen-bond acceptors (Lipinski definition) is 4. The van der Waals surface area contributed by atoms with E-state index in [1.54, 1.807) is 25.5 Å². The zero-order valence-electron chi connectivity index (χ0n) is 12.3. The van der Waals surface area contributed by atoms with E-state index in [0.717, 1.165) is 17.5 Å². The van der Waals surface area contributed by atoms with Crippen molar-refractivity contribution in [3.05, 3.63) is 47.8 Å². The molecule has 0 fully saturated rings. The van der Waals surface area contributed by atoms with Gasteiger partial charge in [-0.1, -0.05) is 12.1 Å². The Bertz CT molecular complexity index is 676. The van der Waals surface area contributed by atoms with Crippen LogP contribution in [0.5, 0.6) is 0 Å². The van der Waals surface area contributed by atoms with Crippen LogP contribution in [0.15, 0.2) is 36.7 Å². The minimum Gasteiger partial charge on any atom is -0.465 e. The zero-order chi connectivity index (χ0) is 15.5. The van der Waals surface area contributed by atoms with Crippen molar-refractivity contribution >= 4 is 6.09 Å². The van der Waals surface area contributed by atoms with Crippen molar-refractivity contribution in [2.24, 2.45) is 0 Å². The molecule has 0 saturated carbocycles. The van der Waals surface area contributed by atoms with Crippen LogP contribution in [0, 0.1) is 0 Å². The molecule has 0 spiro atoms. The summed E-state index contributed by atoms with van der Waals surface area (Å²) in [5.41, 5.74) is 3.17. The highest BCUT2D eigenvalue weighted by atomic mass is 16.5. The fourth-order valence-corrected chi connectivity index (χ4v) is 2.60. The maximum absolute atomic E-state index is 11.0. The van der Waals surface area contributed by atoms with Gasteiger partial charge in [-0.3, -0.25) is 0 Å². The lowest BCUT2D eigenvalue weighted by atomic mass is 9.95. The van der Waals surface area contributed by atoms with Crippen LogP contribution in [-0.2, 0) is 11.2 Å². The topological polar surface area (TPSA) is 75.5 Å². The Hall–Kier alpha value is -2.47. The minimum absolute atomic E-state index is 0.226. The Kier molecular flexibility index (Phi) is 4.02. The highest BCUT2D eigenvalue weighted by molar-refractivity contribution is 5.64. The third kappa shape index (κ3) is 2.92. The average molecular weight is 299 g/mol. The van der Waals surface area contributed by atoms with Crippen LogP contribution >= 0.6 is 0 Å². The molecule has 6 nitrogen and oxygen atoms in total. The van der Waals surface area contributed by atoms with Gasteiger partial charge in [-0.05, 0) is 29.7 Å². The maximum Gasteiger partial charge on any atom is 0.407 e. The molecule has 0 saturated heterocycles. The Labute approximate surface area is 128 Å². The highest BCUT2D eigenvalue weighted by Crippen LogP contribution is 2.30. The van der Waals surface area contributed by atoms with Crippen LogP contribution in [0.3, 0.4) is 0 Å². The summed E-state index contributed by atoms with van der Waals surface area (Å²) >= 11 is 0. The first-order chi connectivity index (χ1) is 10.6. The summed E-state index contributed by atoms with van der Waals surface area (Å²) in [6, 6.07) is 7.80. The molecule has 2 aromatic rings. The van der Waals surface area contributed by atoms with Crippen LogP contribution in [0.25, 0.3) is 11.4 Å². The predicted molar refractivity (Wildman–Crippen MR) is 80.5 cm³/mol. The van der Waals surface area contributed by atoms with Crippen LogP contribution in [0.1, 0.15) is 17.2 Å². The molecular weight excluding hydrogens is 282 g/mol. The smallest absolute Gasteiger partial charge is 0.407 e. The molecule has 114 valence electrons. The first-order valence-corrected chi connectivity index (χ1v) is 7.11. The molecule has 1 amide bonds. The van der Waals surface area contributed by atoms with E-state index in [4.69, 9.17) is 9.84 Å². The number of nitrogens with zero attached hydrogens (tertiary/aromatic N) is 3. The number of hydrogen-bond donors (Lipinski definition) is 1. The molecule has 0 bridgehead atoms. The first kappa shape index (κ1) is 14.5. The molecule has 1 atom stereocenters. The monoisotopic (exact) mass is 299 g/mol. The van der Waals surface area contributed by atoms with Crippen molar-refractivity contribution in [1.82, 2.24) is 14.9 Å². The molecule has 2 heterocycles. The van der Waals surface area contributed by atoms with Gasteiger partial charge in [-0.25, -0.2) is 14.8 Å². The second kappa shape index (κ2) is 6.11. The quantitative estimate of drug-likeness (QED) is 0.941. The molecule has 0 radical (unpaired) electrons. The van der Waals surface area contributed by atoms with Gasteiger partial charge in [0.2, 0.25) is 0 Å². The van der Waals surface area contributed by atoms with Crippen LogP contribution < -0.4 is 0 Å².